The monoisotopic (exact) mass is 1650 g/mol. The first-order valence-corrected chi connectivity index (χ1v) is 41.2. The van der Waals surface area contributed by atoms with Gasteiger partial charge < -0.3 is 107 Å². The number of Topliss-reactive ketones (excluding diaryl/α,β-unsaturated/α-hetero) is 3. The smallest absolute Gasteiger partial charge is 0.246 e. The van der Waals surface area contributed by atoms with Crippen molar-refractivity contribution in [1.82, 2.24) is 31.9 Å². The lowest BCUT2D eigenvalue weighted by atomic mass is 9.51. The van der Waals surface area contributed by atoms with Crippen molar-refractivity contribution in [3.05, 3.63) is 116 Å². The number of aromatic hydroxyl groups is 3. The number of primary amides is 1. The second-order valence-corrected chi connectivity index (χ2v) is 33.4. The molecule has 14 atom stereocenters. The first-order valence-electron chi connectivity index (χ1n) is 40.5. The molecule has 0 aromatic heterocycles. The minimum absolute atomic E-state index is 0.000510. The molecule has 31 heteroatoms. The van der Waals surface area contributed by atoms with Crippen molar-refractivity contribution in [2.24, 2.45) is 53.1 Å². The predicted molar refractivity (Wildman–Crippen MR) is 423 cm³/mol. The molecule has 17 N–H and O–H groups in total. The number of carbonyl (C=O) groups is 8. The molecule has 15 rings (SSSR count). The standard InChI is InChI=1S/C85H107Cl2N7O22/c1-5-43(22-40(3)4)81(108)93-72-60(98)31-50(34-68(88)101)82(109)91-70-49-32-65(113-63-16-13-45(74(72)102)29-56(63)86)80(116-85-79(107)78(106)77(105)67(39-95)115-85)66(33-49)114-64-17-14-46(30-57(64)87)75(103)73-84(111)92-71(62(100)35-51-47-24-41-23-42(26-47)27-48(51)25-41)54-37-59(97)55(38-90-19-21-112-20-11-9-7-8-10-18-89-6-2)76(104)69(54)53-28-44(12-15-58(53)96)52(36-61(70)99)83(110)94-73/h12-17,28-30,32-33,37,40-43,47-48,50-52,67,70-75,77-79,85,89-90,95-97,102-107H,5-11,18-27,31,34-36,38-39H2,1-4H3,(H2,88,101)(H,91,109)(H,92,111)(H,93,108)(H,94,110)/t41?,42?,43-,47?,48?,50+,51?,52-,67-,70-,71+,72+,73+,74-,75-,77-,78+,79-,85+/m1/s1. The van der Waals surface area contributed by atoms with Gasteiger partial charge in [-0.1, -0.05) is 88.4 Å². The third kappa shape index (κ3) is 19.7. The largest absolute Gasteiger partial charge is 0.507 e. The van der Waals surface area contributed by atoms with Crippen LogP contribution in [0.3, 0.4) is 0 Å². The lowest BCUT2D eigenvalue weighted by molar-refractivity contribution is -0.277. The summed E-state index contributed by atoms with van der Waals surface area (Å²) in [6.45, 7) is 9.34. The van der Waals surface area contributed by atoms with Gasteiger partial charge in [0.25, 0.3) is 0 Å². The van der Waals surface area contributed by atoms with E-state index in [1.54, 1.807) is 6.92 Å². The van der Waals surface area contributed by atoms with E-state index in [1.165, 1.54) is 60.7 Å². The number of carbonyl (C=O) groups excluding carboxylic acids is 8. The summed E-state index contributed by atoms with van der Waals surface area (Å²) < 4.78 is 31.5. The van der Waals surface area contributed by atoms with Crippen molar-refractivity contribution in [3.8, 4) is 57.1 Å². The fourth-order valence-corrected chi connectivity index (χ4v) is 18.6. The number of hydrogen-bond acceptors (Lipinski definition) is 24. The van der Waals surface area contributed by atoms with Crippen LogP contribution in [-0.4, -0.2) is 175 Å². The van der Waals surface area contributed by atoms with Crippen LogP contribution in [0, 0.1) is 47.3 Å². The van der Waals surface area contributed by atoms with Gasteiger partial charge in [0.05, 0.1) is 40.7 Å². The van der Waals surface area contributed by atoms with E-state index in [-0.39, 0.29) is 116 Å². The summed E-state index contributed by atoms with van der Waals surface area (Å²) >= 11 is 14.3. The number of phenolic OH excluding ortho intramolecular Hbond substituents is 3. The zero-order valence-electron chi connectivity index (χ0n) is 65.4. The van der Waals surface area contributed by atoms with Gasteiger partial charge in [-0.25, -0.2) is 0 Å². The Balaban J connectivity index is 1.02. The molecule has 0 spiro atoms. The Kier molecular flexibility index (Phi) is 28.8. The molecule has 29 nitrogen and oxygen atoms in total. The van der Waals surface area contributed by atoms with E-state index in [2.05, 4.69) is 38.8 Å². The van der Waals surface area contributed by atoms with Crippen LogP contribution in [0.2, 0.25) is 10.0 Å². The molecule has 6 heterocycles. The maximum Gasteiger partial charge on any atom is 0.246 e. The molecule has 6 aliphatic heterocycles. The number of nitrogens with two attached hydrogens (primary N) is 1. The topological polar surface area (TPSA) is 463 Å². The highest BCUT2D eigenvalue weighted by Gasteiger charge is 2.51. The number of aliphatic hydroxyl groups excluding tert-OH is 6. The molecule has 0 radical (unpaired) electrons. The molecule has 15 bridgehead atoms. The molecule has 5 aromatic carbocycles. The van der Waals surface area contributed by atoms with E-state index >= 15 is 28.8 Å². The van der Waals surface area contributed by atoms with Crippen molar-refractivity contribution in [2.75, 3.05) is 39.5 Å². The SMILES string of the molecule is CCNCCCCCCCOCCNCc1c(O)cc2c(c1O)-c1cc(ccc1O)[C@H]1CC(=O)[C@@H]3NC(=O)[C@H](CC(N)=O)CC(=O)[C@H](NC(=O)[C@H](CC)CC(C)C)[C@H](O)c4ccc(c(Cl)c4)Oc4cc3cc(c4O[C@@H]3O[C@H](CO)[C@@H](O)[C@H](O)[C@H]3O)Oc3ccc(cc3Cl)[C@@H](O)[C@H](NC1=O)C(=O)N[C@@H]2C(=O)CC1C2CC3CC(C2)CC1C3. The number of aliphatic hydroxyl groups is 6. The lowest BCUT2D eigenvalue weighted by Gasteiger charge is -2.54. The Hall–Kier alpha value is -8.56. The number of unbranched alkanes of at least 4 members (excludes halogenated alkanes) is 4. The summed E-state index contributed by atoms with van der Waals surface area (Å²) in [6, 6.07) is 6.69. The second-order valence-electron chi connectivity index (χ2n) is 32.6. The van der Waals surface area contributed by atoms with Crippen LogP contribution in [0.25, 0.3) is 11.1 Å². The first kappa shape index (κ1) is 86.8. The van der Waals surface area contributed by atoms with Crippen molar-refractivity contribution in [1.29, 1.82) is 0 Å². The fourth-order valence-electron chi connectivity index (χ4n) is 18.1. The lowest BCUT2D eigenvalue weighted by Crippen LogP contribution is -2.60. The van der Waals surface area contributed by atoms with Crippen LogP contribution < -0.4 is 51.8 Å². The number of benzene rings is 5. The summed E-state index contributed by atoms with van der Waals surface area (Å²) in [6.07, 6.45) is -6.23. The molecule has 628 valence electrons. The molecular weight excluding hydrogens is 1540 g/mol. The van der Waals surface area contributed by atoms with Gasteiger partial charge in [-0.15, -0.1) is 0 Å². The van der Waals surface area contributed by atoms with Crippen LogP contribution in [0.1, 0.15) is 194 Å². The Morgan fingerprint density at radius 2 is 1.29 bits per heavy atom. The van der Waals surface area contributed by atoms with Crippen molar-refractivity contribution in [3.63, 3.8) is 0 Å². The number of halogens is 2. The van der Waals surface area contributed by atoms with Gasteiger partial charge in [-0.3, -0.25) is 38.4 Å². The normalized spacial score (nSPS) is 28.1. The first-order chi connectivity index (χ1) is 55.5. The zero-order chi connectivity index (χ0) is 83.1. The Bertz CT molecular complexity index is 4420. The van der Waals surface area contributed by atoms with Crippen molar-refractivity contribution in [2.45, 2.75) is 210 Å². The van der Waals surface area contributed by atoms with Crippen LogP contribution in [0.4, 0.5) is 0 Å². The quantitative estimate of drug-likeness (QED) is 0.0222. The zero-order valence-corrected chi connectivity index (χ0v) is 66.9. The third-order valence-corrected chi connectivity index (χ3v) is 24.7. The number of hydrogen-bond donors (Lipinski definition) is 16. The summed E-state index contributed by atoms with van der Waals surface area (Å²) in [5.41, 5.74) is 4.35. The number of ketones is 3. The molecule has 5 amide bonds. The highest BCUT2D eigenvalue weighted by atomic mass is 35.5. The molecule has 0 unspecified atom stereocenters. The average Bonchev–Trinajstić information content (AvgIpc) is 0.758. The van der Waals surface area contributed by atoms with Gasteiger partial charge in [0.15, 0.2) is 28.8 Å². The number of fused-ring (bicyclic) bond motifs is 15. The number of ether oxygens (including phenoxy) is 5. The van der Waals surface area contributed by atoms with Crippen LogP contribution in [0.5, 0.6) is 46.0 Å². The summed E-state index contributed by atoms with van der Waals surface area (Å²) in [7, 11) is 0. The minimum Gasteiger partial charge on any atom is -0.507 e. The van der Waals surface area contributed by atoms with Gasteiger partial charge in [0.1, 0.15) is 89.5 Å². The number of nitrogens with one attached hydrogen (secondary N) is 6. The number of amides is 5. The highest BCUT2D eigenvalue weighted by molar-refractivity contribution is 6.32. The number of phenols is 3. The van der Waals surface area contributed by atoms with Gasteiger partial charge in [-0.2, -0.15) is 0 Å². The van der Waals surface area contributed by atoms with Crippen molar-refractivity contribution >= 4 is 70.1 Å². The molecule has 4 aliphatic carbocycles. The van der Waals surface area contributed by atoms with Crippen LogP contribution >= 0.6 is 23.2 Å². The van der Waals surface area contributed by atoms with E-state index < -0.39 is 192 Å². The van der Waals surface area contributed by atoms with E-state index in [4.69, 9.17) is 52.6 Å². The van der Waals surface area contributed by atoms with Gasteiger partial charge in [0, 0.05) is 62.4 Å². The number of rotatable bonds is 27. The van der Waals surface area contributed by atoms with Crippen LogP contribution in [-0.2, 0) is 54.4 Å². The average molecular weight is 1650 g/mol. The maximum atomic E-state index is 16.5. The fraction of sp³-hybridized carbons (Fsp3) is 0.553. The minimum atomic E-state index is -2.15. The molecule has 5 aromatic rings. The second kappa shape index (κ2) is 38.4. The van der Waals surface area contributed by atoms with E-state index in [0.717, 1.165) is 89.4 Å². The molecular formula is C85H107Cl2N7O22. The maximum absolute atomic E-state index is 16.5. The Morgan fingerprint density at radius 1 is 0.647 bits per heavy atom. The highest BCUT2D eigenvalue weighted by Crippen LogP contribution is 2.59. The molecule has 1 saturated heterocycles. The van der Waals surface area contributed by atoms with Crippen LogP contribution in [0.15, 0.2) is 72.8 Å². The molecule has 116 heavy (non-hydrogen) atoms. The molecule has 5 fully saturated rings. The summed E-state index contributed by atoms with van der Waals surface area (Å²) in [4.78, 5) is 123. The van der Waals surface area contributed by atoms with Gasteiger partial charge in [-0.05, 0) is 189 Å². The summed E-state index contributed by atoms with van der Waals surface area (Å²) in [5.74, 6) is -15.1. The van der Waals surface area contributed by atoms with Gasteiger partial charge in [0.2, 0.25) is 41.6 Å². The van der Waals surface area contributed by atoms with E-state index in [0.29, 0.717) is 31.3 Å². The van der Waals surface area contributed by atoms with Crippen molar-refractivity contribution < 1.29 is 108 Å². The summed E-state index contributed by atoms with van der Waals surface area (Å²) in [5, 5.41) is 124. The molecule has 10 aliphatic rings. The Labute approximate surface area is 682 Å². The van der Waals surface area contributed by atoms with E-state index in [9.17, 15) is 55.5 Å². The third-order valence-electron chi connectivity index (χ3n) is 24.1. The predicted octanol–water partition coefficient (Wildman–Crippen LogP) is 7.90. The van der Waals surface area contributed by atoms with E-state index in [1.807, 2.05) is 13.8 Å². The Morgan fingerprint density at radius 3 is 1.92 bits per heavy atom. The molecule has 4 saturated carbocycles. The van der Waals surface area contributed by atoms with Gasteiger partial charge >= 0.3 is 0 Å².